The summed E-state index contributed by atoms with van der Waals surface area (Å²) in [6, 6.07) is 0. The highest BCUT2D eigenvalue weighted by molar-refractivity contribution is 5.05. The van der Waals surface area contributed by atoms with E-state index in [1.54, 1.807) is 0 Å². The van der Waals surface area contributed by atoms with Crippen LogP contribution < -0.4 is 0 Å². The molecule has 0 bridgehead atoms. The molecule has 4 aliphatic rings. The van der Waals surface area contributed by atoms with Crippen LogP contribution in [0.25, 0.3) is 0 Å². The fraction of sp³-hybridized carbons (Fsp3) is 1.00. The quantitative estimate of drug-likeness (QED) is 0.772. The van der Waals surface area contributed by atoms with E-state index >= 15 is 0 Å². The molecule has 2 N–H and O–H groups in total. The highest BCUT2D eigenvalue weighted by Gasteiger charge is 2.56. The molecule has 0 aromatic rings. The summed E-state index contributed by atoms with van der Waals surface area (Å²) in [6.07, 6.45) is 14.0. The first kappa shape index (κ1) is 14.5. The van der Waals surface area contributed by atoms with E-state index in [0.717, 1.165) is 24.2 Å². The molecule has 0 aliphatic heterocycles. The Morgan fingerprint density at radius 1 is 0.524 bits per heavy atom. The molecule has 21 heavy (non-hydrogen) atoms. The highest BCUT2D eigenvalue weighted by atomic mass is 16.3. The maximum absolute atomic E-state index is 11.0. The minimum absolute atomic E-state index is 0.206. The molecule has 0 saturated heterocycles. The van der Waals surface area contributed by atoms with E-state index in [2.05, 4.69) is 0 Å². The number of fused-ring (bicyclic) bond motifs is 3. The van der Waals surface area contributed by atoms with Crippen LogP contribution in [-0.4, -0.2) is 22.4 Å². The van der Waals surface area contributed by atoms with Crippen LogP contribution in [-0.2, 0) is 0 Å². The summed E-state index contributed by atoms with van der Waals surface area (Å²) in [4.78, 5) is 0. The van der Waals surface area contributed by atoms with Gasteiger partial charge in [0.1, 0.15) is 0 Å². The van der Waals surface area contributed by atoms with E-state index in [1.165, 1.54) is 64.2 Å². The number of hydrogen-bond acceptors (Lipinski definition) is 2. The number of aliphatic hydroxyl groups excluding tert-OH is 2. The van der Waals surface area contributed by atoms with Crippen molar-refractivity contribution in [2.45, 2.75) is 82.8 Å². The second-order valence-corrected chi connectivity index (χ2v) is 8.46. The fourth-order valence-electron chi connectivity index (χ4n) is 6.88. The van der Waals surface area contributed by atoms with Crippen LogP contribution in [0.3, 0.4) is 0 Å². The first-order valence-electron chi connectivity index (χ1n) is 9.63. The minimum atomic E-state index is -0.226. The lowest BCUT2D eigenvalue weighted by Gasteiger charge is -2.42. The van der Waals surface area contributed by atoms with Gasteiger partial charge in [-0.1, -0.05) is 44.9 Å². The molecule has 0 spiro atoms. The Hall–Kier alpha value is -0.0800. The van der Waals surface area contributed by atoms with Gasteiger partial charge in [-0.05, 0) is 55.3 Å². The second kappa shape index (κ2) is 5.85. The lowest BCUT2D eigenvalue weighted by atomic mass is 9.63. The van der Waals surface area contributed by atoms with E-state index in [1.807, 2.05) is 0 Å². The summed E-state index contributed by atoms with van der Waals surface area (Å²) in [6.45, 7) is 0. The number of hydrogen-bond donors (Lipinski definition) is 2. The van der Waals surface area contributed by atoms with Crippen molar-refractivity contribution in [3.63, 3.8) is 0 Å². The van der Waals surface area contributed by atoms with Gasteiger partial charge in [-0.15, -0.1) is 0 Å². The molecule has 0 heterocycles. The molecular formula is C19H32O2. The van der Waals surface area contributed by atoms with Crippen LogP contribution in [0.2, 0.25) is 0 Å². The van der Waals surface area contributed by atoms with E-state index < -0.39 is 0 Å². The zero-order valence-electron chi connectivity index (χ0n) is 13.3. The second-order valence-electron chi connectivity index (χ2n) is 8.46. The summed E-state index contributed by atoms with van der Waals surface area (Å²) in [5, 5.41) is 21.5. The van der Waals surface area contributed by atoms with E-state index in [0.29, 0.717) is 11.8 Å². The monoisotopic (exact) mass is 292 g/mol. The molecule has 2 nitrogen and oxygen atoms in total. The molecule has 4 fully saturated rings. The van der Waals surface area contributed by atoms with Gasteiger partial charge in [0.25, 0.3) is 0 Å². The van der Waals surface area contributed by atoms with Crippen LogP contribution in [0.4, 0.5) is 0 Å². The Balaban J connectivity index is 1.58. The van der Waals surface area contributed by atoms with Crippen molar-refractivity contribution in [3.05, 3.63) is 0 Å². The third kappa shape index (κ3) is 2.37. The molecule has 0 radical (unpaired) electrons. The van der Waals surface area contributed by atoms with Gasteiger partial charge in [0.2, 0.25) is 0 Å². The normalized spacial score (nSPS) is 51.4. The Bertz CT molecular complexity index is 363. The van der Waals surface area contributed by atoms with Gasteiger partial charge in [-0.3, -0.25) is 0 Å². The smallest absolute Gasteiger partial charge is 0.0629 e. The molecule has 7 unspecified atom stereocenters. The van der Waals surface area contributed by atoms with Gasteiger partial charge in [0.15, 0.2) is 0 Å². The van der Waals surface area contributed by atoms with E-state index in [9.17, 15) is 10.2 Å². The average molecular weight is 292 g/mol. The van der Waals surface area contributed by atoms with E-state index in [4.69, 9.17) is 0 Å². The molecule has 4 rings (SSSR count). The first-order chi connectivity index (χ1) is 10.3. The van der Waals surface area contributed by atoms with E-state index in [-0.39, 0.29) is 18.1 Å². The predicted molar refractivity (Wildman–Crippen MR) is 83.7 cm³/mol. The lowest BCUT2D eigenvalue weighted by Crippen LogP contribution is -2.39. The van der Waals surface area contributed by atoms with Crippen LogP contribution >= 0.6 is 0 Å². The average Bonchev–Trinajstić information content (AvgIpc) is 2.83. The van der Waals surface area contributed by atoms with Gasteiger partial charge < -0.3 is 10.2 Å². The minimum Gasteiger partial charge on any atom is -0.393 e. The molecule has 0 amide bonds. The van der Waals surface area contributed by atoms with Crippen molar-refractivity contribution in [1.82, 2.24) is 0 Å². The maximum atomic E-state index is 11.0. The summed E-state index contributed by atoms with van der Waals surface area (Å²) >= 11 is 0. The largest absolute Gasteiger partial charge is 0.393 e. The molecule has 0 aromatic carbocycles. The highest BCUT2D eigenvalue weighted by Crippen LogP contribution is 2.58. The maximum Gasteiger partial charge on any atom is 0.0629 e. The molecule has 4 saturated carbocycles. The lowest BCUT2D eigenvalue weighted by molar-refractivity contribution is -0.0358. The zero-order valence-corrected chi connectivity index (χ0v) is 13.3. The Morgan fingerprint density at radius 2 is 1.14 bits per heavy atom. The molecule has 7 atom stereocenters. The van der Waals surface area contributed by atoms with Gasteiger partial charge >= 0.3 is 0 Å². The van der Waals surface area contributed by atoms with Crippen molar-refractivity contribution >= 4 is 0 Å². The number of rotatable bonds is 1. The zero-order chi connectivity index (χ0) is 14.4. The molecule has 2 heteroatoms. The van der Waals surface area contributed by atoms with Crippen molar-refractivity contribution in [1.29, 1.82) is 0 Å². The van der Waals surface area contributed by atoms with Gasteiger partial charge in [-0.25, -0.2) is 0 Å². The molecule has 4 aliphatic carbocycles. The molecule has 120 valence electrons. The third-order valence-electron chi connectivity index (χ3n) is 7.63. The van der Waals surface area contributed by atoms with Crippen LogP contribution in [0, 0.1) is 35.5 Å². The van der Waals surface area contributed by atoms with Crippen molar-refractivity contribution in [2.75, 3.05) is 0 Å². The Morgan fingerprint density at radius 3 is 1.90 bits per heavy atom. The van der Waals surface area contributed by atoms with Gasteiger partial charge in [0, 0.05) is 5.92 Å². The summed E-state index contributed by atoms with van der Waals surface area (Å²) < 4.78 is 0. The fourth-order valence-corrected chi connectivity index (χ4v) is 6.88. The SMILES string of the molecule is OC1CCCC2C3CCCC(C4CCCCC4)C3C(O)C12. The Labute approximate surface area is 129 Å². The van der Waals surface area contributed by atoms with Gasteiger partial charge in [0.05, 0.1) is 12.2 Å². The third-order valence-corrected chi connectivity index (χ3v) is 7.63. The summed E-state index contributed by atoms with van der Waals surface area (Å²) in [5.41, 5.74) is 0. The summed E-state index contributed by atoms with van der Waals surface area (Å²) in [5.74, 6) is 3.71. The predicted octanol–water partition coefficient (Wildman–Crippen LogP) is 3.75. The Kier molecular flexibility index (Phi) is 4.04. The molecule has 0 aromatic heterocycles. The van der Waals surface area contributed by atoms with Crippen molar-refractivity contribution in [2.24, 2.45) is 35.5 Å². The number of aliphatic hydroxyl groups is 2. The van der Waals surface area contributed by atoms with Crippen LogP contribution in [0.5, 0.6) is 0 Å². The van der Waals surface area contributed by atoms with Crippen molar-refractivity contribution in [3.8, 4) is 0 Å². The standard InChI is InChI=1S/C19H32O2/c20-16-11-5-10-15-14-9-4-8-13(12-6-2-1-3-7-12)17(14)19(21)18(15)16/h12-21H,1-11H2. The van der Waals surface area contributed by atoms with Gasteiger partial charge in [-0.2, -0.15) is 0 Å². The first-order valence-corrected chi connectivity index (χ1v) is 9.63. The summed E-state index contributed by atoms with van der Waals surface area (Å²) in [7, 11) is 0. The topological polar surface area (TPSA) is 40.5 Å². The van der Waals surface area contributed by atoms with Crippen molar-refractivity contribution < 1.29 is 10.2 Å². The molecular weight excluding hydrogens is 260 g/mol. The van der Waals surface area contributed by atoms with Crippen LogP contribution in [0.15, 0.2) is 0 Å². The van der Waals surface area contributed by atoms with Crippen LogP contribution in [0.1, 0.15) is 70.6 Å².